The van der Waals surface area contributed by atoms with Gasteiger partial charge in [0.1, 0.15) is 0 Å². The van der Waals surface area contributed by atoms with Crippen LogP contribution in [-0.4, -0.2) is 24.8 Å². The number of fused-ring (bicyclic) bond motifs is 1. The van der Waals surface area contributed by atoms with Crippen molar-refractivity contribution in [3.8, 4) is 0 Å². The Balaban J connectivity index is 1.75. The molecule has 182 valence electrons. The van der Waals surface area contributed by atoms with E-state index in [0.29, 0.717) is 23.7 Å². The zero-order valence-electron chi connectivity index (χ0n) is 20.5. The Morgan fingerprint density at radius 3 is 2.44 bits per heavy atom. The Labute approximate surface area is 200 Å². The van der Waals surface area contributed by atoms with Crippen LogP contribution in [0.25, 0.3) is 17.2 Å². The van der Waals surface area contributed by atoms with Gasteiger partial charge >= 0.3 is 5.69 Å². The molecule has 0 aliphatic heterocycles. The normalized spacial score (nSPS) is 12.1. The van der Waals surface area contributed by atoms with Crippen molar-refractivity contribution in [3.05, 3.63) is 62.8 Å². The van der Waals surface area contributed by atoms with Crippen molar-refractivity contribution in [3.63, 3.8) is 0 Å². The molecule has 0 aliphatic rings. The number of nitrogens with one attached hydrogen (secondary N) is 2. The average Bonchev–Trinajstić information content (AvgIpc) is 3.21. The highest BCUT2D eigenvalue weighted by Crippen LogP contribution is 2.18. The summed E-state index contributed by atoms with van der Waals surface area (Å²) in [5.74, 6) is 0.456. The molecule has 1 aromatic carbocycles. The van der Waals surface area contributed by atoms with Crippen LogP contribution < -0.4 is 16.7 Å². The molecule has 0 unspecified atom stereocenters. The van der Waals surface area contributed by atoms with E-state index >= 15 is 0 Å². The third kappa shape index (κ3) is 6.79. The van der Waals surface area contributed by atoms with E-state index in [-0.39, 0.29) is 0 Å². The number of anilines is 1. The lowest BCUT2D eigenvalue weighted by Crippen LogP contribution is -2.29. The summed E-state index contributed by atoms with van der Waals surface area (Å²) in [5.41, 5.74) is 4.68. The van der Waals surface area contributed by atoms with Crippen molar-refractivity contribution in [1.29, 1.82) is 0 Å². The Hall–Kier alpha value is -3.42. The number of nitrogens with zero attached hydrogens (tertiary/aromatic N) is 4. The zero-order valence-corrected chi connectivity index (χ0v) is 20.5. The van der Waals surface area contributed by atoms with E-state index in [0.717, 1.165) is 24.1 Å². The van der Waals surface area contributed by atoms with Crippen molar-refractivity contribution in [2.45, 2.75) is 71.8 Å². The van der Waals surface area contributed by atoms with Gasteiger partial charge in [-0.05, 0) is 25.0 Å². The summed E-state index contributed by atoms with van der Waals surface area (Å²) in [6.45, 7) is 4.74. The molecule has 0 bridgehead atoms. The maximum atomic E-state index is 12.6. The van der Waals surface area contributed by atoms with Gasteiger partial charge in [-0.3, -0.25) is 14.3 Å². The van der Waals surface area contributed by atoms with Crippen molar-refractivity contribution in [2.24, 2.45) is 12.1 Å². The molecule has 0 aliphatic carbocycles. The summed E-state index contributed by atoms with van der Waals surface area (Å²) in [6.07, 6.45) is 13.5. The van der Waals surface area contributed by atoms with E-state index in [9.17, 15) is 9.59 Å². The number of H-pyrrole nitrogens is 1. The van der Waals surface area contributed by atoms with Crippen LogP contribution in [0.2, 0.25) is 0 Å². The monoisotopic (exact) mass is 464 g/mol. The minimum Gasteiger partial charge on any atom is -0.303 e. The first kappa shape index (κ1) is 25.2. The highest BCUT2D eigenvalue weighted by atomic mass is 16.2. The molecule has 2 heterocycles. The van der Waals surface area contributed by atoms with E-state index in [1.807, 2.05) is 54.0 Å². The number of hydrogen-bond donors (Lipinski definition) is 2. The Morgan fingerprint density at radius 1 is 1.06 bits per heavy atom. The van der Waals surface area contributed by atoms with Crippen LogP contribution in [0.5, 0.6) is 0 Å². The number of unbranched alkanes of at least 4 members (excludes halogenated alkanes) is 7. The number of aromatic nitrogens is 4. The molecule has 34 heavy (non-hydrogen) atoms. The number of imidazole rings is 1. The van der Waals surface area contributed by atoms with E-state index in [1.165, 1.54) is 43.1 Å². The van der Waals surface area contributed by atoms with Gasteiger partial charge in [0.05, 0.1) is 5.71 Å². The second kappa shape index (κ2) is 12.7. The first-order valence-electron chi connectivity index (χ1n) is 12.2. The number of hydrogen-bond acceptors (Lipinski definition) is 5. The summed E-state index contributed by atoms with van der Waals surface area (Å²) >= 11 is 0. The molecule has 3 aromatic rings. The smallest absolute Gasteiger partial charge is 0.303 e. The number of aromatic amines is 1. The number of rotatable bonds is 13. The van der Waals surface area contributed by atoms with Gasteiger partial charge in [0.2, 0.25) is 5.95 Å². The number of allylic oxidation sites excluding steroid dienone is 1. The molecule has 0 spiro atoms. The highest BCUT2D eigenvalue weighted by molar-refractivity contribution is 5.96. The minimum atomic E-state index is -0.480. The fourth-order valence-electron chi connectivity index (χ4n) is 3.90. The summed E-state index contributed by atoms with van der Waals surface area (Å²) in [4.78, 5) is 31.6. The van der Waals surface area contributed by atoms with E-state index in [1.54, 1.807) is 7.05 Å². The fraction of sp³-hybridized carbons (Fsp3) is 0.462. The highest BCUT2D eigenvalue weighted by Gasteiger charge is 2.17. The van der Waals surface area contributed by atoms with Crippen molar-refractivity contribution in [1.82, 2.24) is 19.1 Å². The second-order valence-electron chi connectivity index (χ2n) is 8.66. The maximum absolute atomic E-state index is 12.6. The van der Waals surface area contributed by atoms with Crippen LogP contribution in [0.4, 0.5) is 5.95 Å². The molecule has 0 radical (unpaired) electrons. The third-order valence-corrected chi connectivity index (χ3v) is 5.89. The van der Waals surface area contributed by atoms with Crippen molar-refractivity contribution >= 4 is 28.9 Å². The molecule has 0 atom stereocenters. The molecule has 0 saturated carbocycles. The summed E-state index contributed by atoms with van der Waals surface area (Å²) < 4.78 is 3.19. The topological polar surface area (TPSA) is 97.1 Å². The molecule has 0 saturated heterocycles. The first-order valence-corrected chi connectivity index (χ1v) is 12.2. The minimum absolute atomic E-state index is 0.350. The molecule has 0 fully saturated rings. The van der Waals surface area contributed by atoms with Gasteiger partial charge < -0.3 is 4.57 Å². The van der Waals surface area contributed by atoms with Crippen LogP contribution in [0.1, 0.15) is 70.8 Å². The molecule has 8 nitrogen and oxygen atoms in total. The van der Waals surface area contributed by atoms with Gasteiger partial charge in [0.15, 0.2) is 11.2 Å². The summed E-state index contributed by atoms with van der Waals surface area (Å²) in [7, 11) is 1.61. The molecule has 2 N–H and O–H groups in total. The number of hydrazone groups is 1. The molecule has 8 heteroatoms. The average molecular weight is 465 g/mol. The van der Waals surface area contributed by atoms with Crippen LogP contribution in [-0.2, 0) is 13.6 Å². The van der Waals surface area contributed by atoms with Crippen molar-refractivity contribution in [2.75, 3.05) is 5.43 Å². The van der Waals surface area contributed by atoms with Gasteiger partial charge in [-0.2, -0.15) is 10.1 Å². The number of aryl methyl sites for hydroxylation is 2. The van der Waals surface area contributed by atoms with E-state index < -0.39 is 11.2 Å². The zero-order chi connectivity index (χ0) is 24.3. The largest absolute Gasteiger partial charge is 0.329 e. The van der Waals surface area contributed by atoms with Gasteiger partial charge in [0, 0.05) is 13.6 Å². The predicted octanol–water partition coefficient (Wildman–Crippen LogP) is 5.07. The maximum Gasteiger partial charge on any atom is 0.329 e. The van der Waals surface area contributed by atoms with Crippen LogP contribution in [0, 0.1) is 0 Å². The van der Waals surface area contributed by atoms with E-state index in [2.05, 4.69) is 27.4 Å². The number of benzene rings is 1. The van der Waals surface area contributed by atoms with Gasteiger partial charge in [0.25, 0.3) is 5.56 Å². The predicted molar refractivity (Wildman–Crippen MR) is 140 cm³/mol. The van der Waals surface area contributed by atoms with Crippen molar-refractivity contribution < 1.29 is 0 Å². The SMILES string of the molecule is CCCCCCCCCCn1c(NN=C(C)/C=C/c2ccccc2)nc2c1c(=O)[nH]c(=O)n2C. The Morgan fingerprint density at radius 2 is 1.74 bits per heavy atom. The second-order valence-corrected chi connectivity index (χ2v) is 8.66. The van der Waals surface area contributed by atoms with Crippen LogP contribution in [0.15, 0.2) is 51.1 Å². The molecule has 3 rings (SSSR count). The summed E-state index contributed by atoms with van der Waals surface area (Å²) in [6, 6.07) is 9.99. The Kier molecular flexibility index (Phi) is 9.43. The lowest BCUT2D eigenvalue weighted by molar-refractivity contribution is 0.549. The lowest BCUT2D eigenvalue weighted by Gasteiger charge is -2.08. The van der Waals surface area contributed by atoms with Crippen LogP contribution >= 0.6 is 0 Å². The molecule has 0 amide bonds. The van der Waals surface area contributed by atoms with E-state index in [4.69, 9.17) is 0 Å². The fourth-order valence-corrected chi connectivity index (χ4v) is 3.90. The standard InChI is InChI=1S/C26H36N6O2/c1-4-5-6-7-8-9-10-14-19-32-22-23(31(3)26(34)28-24(22)33)27-25(32)30-29-20(2)17-18-21-15-12-11-13-16-21/h11-13,15-18H,4-10,14,19H2,1-3H3,(H,27,30)(H,28,33,34)/b18-17+,29-20?. The lowest BCUT2D eigenvalue weighted by atomic mass is 10.1. The van der Waals surface area contributed by atoms with Gasteiger partial charge in [-0.25, -0.2) is 10.2 Å². The Bertz CT molecular complexity index is 1230. The molecule has 2 aromatic heterocycles. The first-order chi connectivity index (χ1) is 16.5. The molecular weight excluding hydrogens is 428 g/mol. The molecular formula is C26H36N6O2. The third-order valence-electron chi connectivity index (χ3n) is 5.89. The van der Waals surface area contributed by atoms with Gasteiger partial charge in [-0.15, -0.1) is 0 Å². The summed E-state index contributed by atoms with van der Waals surface area (Å²) in [5, 5.41) is 4.43. The van der Waals surface area contributed by atoms with Gasteiger partial charge in [-0.1, -0.05) is 88.3 Å². The quantitative estimate of drug-likeness (QED) is 0.210. The van der Waals surface area contributed by atoms with Crippen LogP contribution in [0.3, 0.4) is 0 Å².